The Labute approximate surface area is 239 Å². The largest absolute Gasteiger partial charge is 0.490 e. The number of rotatable bonds is 10. The summed E-state index contributed by atoms with van der Waals surface area (Å²) in [7, 11) is 3.01. The molecule has 3 aromatic carbocycles. The second kappa shape index (κ2) is 13.2. The van der Waals surface area contributed by atoms with Crippen LogP contribution in [0.4, 0.5) is 5.69 Å². The Balaban J connectivity index is 1.64. The third-order valence-electron chi connectivity index (χ3n) is 6.12. The van der Waals surface area contributed by atoms with Crippen LogP contribution in [0.25, 0.3) is 6.08 Å². The van der Waals surface area contributed by atoms with Crippen LogP contribution < -0.4 is 9.47 Å². The number of likely N-dealkylation sites (N-methyl/N-ethyl adjacent to an activating group) is 1. The Morgan fingerprint density at radius 1 is 1.10 bits per heavy atom. The predicted octanol–water partition coefficient (Wildman–Crippen LogP) is 6.72. The number of allylic oxidation sites excluding steroid dienone is 1. The number of nitrogens with zero attached hydrogens (tertiary/aromatic N) is 2. The number of carbonyl (C=O) groups excluding carboxylic acids is 2. The van der Waals surface area contributed by atoms with Gasteiger partial charge in [-0.25, -0.2) is 9.79 Å². The zero-order valence-electron chi connectivity index (χ0n) is 23.1. The Morgan fingerprint density at radius 2 is 1.88 bits per heavy atom. The second-order valence-electron chi connectivity index (χ2n) is 9.12. The van der Waals surface area contributed by atoms with Gasteiger partial charge in [-0.1, -0.05) is 42.0 Å². The molecule has 1 heterocycles. The lowest BCUT2D eigenvalue weighted by Gasteiger charge is -2.17. The van der Waals surface area contributed by atoms with Gasteiger partial charge in [0.15, 0.2) is 16.7 Å². The zero-order valence-corrected chi connectivity index (χ0v) is 23.9. The van der Waals surface area contributed by atoms with Crippen molar-refractivity contribution in [3.63, 3.8) is 0 Å². The lowest BCUT2D eigenvalue weighted by atomic mass is 10.0. The van der Waals surface area contributed by atoms with Crippen molar-refractivity contribution < 1.29 is 23.8 Å². The van der Waals surface area contributed by atoms with Crippen molar-refractivity contribution in [3.8, 4) is 11.5 Å². The number of carbonyl (C=O) groups is 2. The van der Waals surface area contributed by atoms with Crippen molar-refractivity contribution in [2.75, 3.05) is 20.8 Å². The number of thioether (sulfide) groups is 1. The first kappa shape index (κ1) is 28.7. The molecule has 0 aliphatic carbocycles. The standard InChI is InChI=1S/C32H32N2O5S/c1-6-9-24-16-23(17-27(38-7-2)29(24)39-20-22-14-12-21(3)13-15-22)18-28-30(35)34(4)32(40-28)33-26-11-8-10-25(19-26)31(36)37-5/h6,8,10-19H,1,7,9,20H2,2-5H3. The van der Waals surface area contributed by atoms with E-state index in [1.807, 2.05) is 43.3 Å². The average molecular weight is 557 g/mol. The van der Waals surface area contributed by atoms with Gasteiger partial charge < -0.3 is 14.2 Å². The van der Waals surface area contributed by atoms with E-state index in [0.29, 0.717) is 52.5 Å². The molecule has 0 spiro atoms. The summed E-state index contributed by atoms with van der Waals surface area (Å²) in [4.78, 5) is 31.6. The maximum Gasteiger partial charge on any atom is 0.337 e. The fourth-order valence-corrected chi connectivity index (χ4v) is 5.06. The molecular formula is C32H32N2O5S. The van der Waals surface area contributed by atoms with Gasteiger partial charge in [0.05, 0.1) is 29.9 Å². The van der Waals surface area contributed by atoms with Crippen LogP contribution in [0.5, 0.6) is 11.5 Å². The van der Waals surface area contributed by atoms with Gasteiger partial charge in [-0.15, -0.1) is 6.58 Å². The number of ether oxygens (including phenoxy) is 3. The smallest absolute Gasteiger partial charge is 0.337 e. The molecule has 0 aromatic heterocycles. The maximum absolute atomic E-state index is 13.1. The van der Waals surface area contributed by atoms with E-state index in [1.165, 1.54) is 29.3 Å². The molecule has 0 saturated carbocycles. The summed E-state index contributed by atoms with van der Waals surface area (Å²) in [5, 5.41) is 0.507. The van der Waals surface area contributed by atoms with Crippen LogP contribution in [0.3, 0.4) is 0 Å². The van der Waals surface area contributed by atoms with E-state index in [0.717, 1.165) is 16.7 Å². The van der Waals surface area contributed by atoms with Crippen LogP contribution in [0, 0.1) is 6.92 Å². The summed E-state index contributed by atoms with van der Waals surface area (Å²) >= 11 is 1.27. The average Bonchev–Trinajstić information content (AvgIpc) is 3.21. The van der Waals surface area contributed by atoms with Crippen LogP contribution in [0.15, 0.2) is 83.2 Å². The van der Waals surface area contributed by atoms with Crippen molar-refractivity contribution in [2.24, 2.45) is 4.99 Å². The minimum Gasteiger partial charge on any atom is -0.490 e. The summed E-state index contributed by atoms with van der Waals surface area (Å²) < 4.78 is 17.0. The molecule has 1 aliphatic rings. The first-order chi connectivity index (χ1) is 19.3. The highest BCUT2D eigenvalue weighted by atomic mass is 32.2. The number of aryl methyl sites for hydroxylation is 1. The van der Waals surface area contributed by atoms with Gasteiger partial charge in [-0.05, 0) is 79.6 Å². The van der Waals surface area contributed by atoms with Gasteiger partial charge in [-0.2, -0.15) is 0 Å². The minimum atomic E-state index is -0.446. The maximum atomic E-state index is 13.1. The second-order valence-corrected chi connectivity index (χ2v) is 10.1. The number of hydrogen-bond donors (Lipinski definition) is 0. The van der Waals surface area contributed by atoms with E-state index in [2.05, 4.69) is 30.6 Å². The Bertz CT molecular complexity index is 1480. The number of methoxy groups -OCH3 is 1. The molecule has 0 unspecified atom stereocenters. The summed E-state index contributed by atoms with van der Waals surface area (Å²) in [5.41, 5.74) is 4.91. The highest BCUT2D eigenvalue weighted by Gasteiger charge is 2.30. The number of amides is 1. The van der Waals surface area contributed by atoms with E-state index in [4.69, 9.17) is 14.2 Å². The van der Waals surface area contributed by atoms with Crippen molar-refractivity contribution in [1.29, 1.82) is 0 Å². The Kier molecular flexibility index (Phi) is 9.45. The molecule has 4 rings (SSSR count). The molecule has 206 valence electrons. The lowest BCUT2D eigenvalue weighted by molar-refractivity contribution is -0.121. The fraction of sp³-hybridized carbons (Fsp3) is 0.219. The van der Waals surface area contributed by atoms with E-state index in [-0.39, 0.29) is 5.91 Å². The van der Waals surface area contributed by atoms with E-state index in [1.54, 1.807) is 31.3 Å². The first-order valence-corrected chi connectivity index (χ1v) is 13.7. The molecule has 7 nitrogen and oxygen atoms in total. The molecule has 0 N–H and O–H groups in total. The molecule has 1 fully saturated rings. The summed E-state index contributed by atoms with van der Waals surface area (Å²) in [6.07, 6.45) is 4.22. The molecule has 1 saturated heterocycles. The molecule has 1 aliphatic heterocycles. The monoisotopic (exact) mass is 556 g/mol. The fourth-order valence-electron chi connectivity index (χ4n) is 4.07. The van der Waals surface area contributed by atoms with Crippen molar-refractivity contribution in [2.45, 2.75) is 26.9 Å². The van der Waals surface area contributed by atoms with Crippen LogP contribution in [-0.2, 0) is 22.6 Å². The first-order valence-electron chi connectivity index (χ1n) is 12.9. The molecule has 0 bridgehead atoms. The third-order valence-corrected chi connectivity index (χ3v) is 7.18. The van der Waals surface area contributed by atoms with Gasteiger partial charge in [0.1, 0.15) is 6.61 Å². The quantitative estimate of drug-likeness (QED) is 0.157. The summed E-state index contributed by atoms with van der Waals surface area (Å²) in [6, 6.07) is 18.9. The molecule has 0 radical (unpaired) electrons. The number of esters is 1. The van der Waals surface area contributed by atoms with Crippen LogP contribution in [-0.4, -0.2) is 42.7 Å². The van der Waals surface area contributed by atoms with Crippen molar-refractivity contribution >= 4 is 40.6 Å². The van der Waals surface area contributed by atoms with Crippen LogP contribution >= 0.6 is 11.8 Å². The van der Waals surface area contributed by atoms with Gasteiger partial charge >= 0.3 is 5.97 Å². The zero-order chi connectivity index (χ0) is 28.6. The van der Waals surface area contributed by atoms with Gasteiger partial charge in [0.25, 0.3) is 5.91 Å². The minimum absolute atomic E-state index is 0.171. The van der Waals surface area contributed by atoms with E-state index >= 15 is 0 Å². The highest BCUT2D eigenvalue weighted by molar-refractivity contribution is 8.18. The Morgan fingerprint density at radius 3 is 2.58 bits per heavy atom. The molecule has 1 amide bonds. The topological polar surface area (TPSA) is 77.4 Å². The van der Waals surface area contributed by atoms with Gasteiger partial charge in [0.2, 0.25) is 0 Å². The van der Waals surface area contributed by atoms with Gasteiger partial charge in [-0.3, -0.25) is 9.69 Å². The molecule has 0 atom stereocenters. The highest BCUT2D eigenvalue weighted by Crippen LogP contribution is 2.38. The van der Waals surface area contributed by atoms with Crippen LogP contribution in [0.2, 0.25) is 0 Å². The number of amidine groups is 1. The molecule has 3 aromatic rings. The van der Waals surface area contributed by atoms with Crippen LogP contribution in [0.1, 0.15) is 39.5 Å². The molecular weight excluding hydrogens is 524 g/mol. The van der Waals surface area contributed by atoms with Gasteiger partial charge in [0, 0.05) is 12.6 Å². The lowest BCUT2D eigenvalue weighted by Crippen LogP contribution is -2.23. The molecule has 8 heteroatoms. The number of aliphatic imine (C=N–C) groups is 1. The number of benzene rings is 3. The normalized spacial score (nSPS) is 15.0. The van der Waals surface area contributed by atoms with Crippen molar-refractivity contribution in [1.82, 2.24) is 4.90 Å². The van der Waals surface area contributed by atoms with E-state index in [9.17, 15) is 9.59 Å². The third kappa shape index (κ3) is 6.82. The molecule has 40 heavy (non-hydrogen) atoms. The Hall–Kier alpha value is -4.30. The van der Waals surface area contributed by atoms with E-state index < -0.39 is 5.97 Å². The summed E-state index contributed by atoms with van der Waals surface area (Å²) in [5.74, 6) is 0.659. The number of hydrogen-bond acceptors (Lipinski definition) is 7. The van der Waals surface area contributed by atoms with Crippen molar-refractivity contribution in [3.05, 3.63) is 106 Å². The summed E-state index contributed by atoms with van der Waals surface area (Å²) in [6.45, 7) is 8.75. The SMILES string of the molecule is C=CCc1cc(C=C2SC(=Nc3cccc(C(=O)OC)c3)N(C)C2=O)cc(OCC)c1OCc1ccc(C)cc1. The predicted molar refractivity (Wildman–Crippen MR) is 160 cm³/mol.